The Morgan fingerprint density at radius 1 is 1.14 bits per heavy atom. The number of hydrogen-bond acceptors (Lipinski definition) is 3. The Bertz CT molecular complexity index is 683. The Morgan fingerprint density at radius 3 is 2.64 bits per heavy atom. The molecule has 0 spiro atoms. The molecule has 0 unspecified atom stereocenters. The van der Waals surface area contributed by atoms with Gasteiger partial charge in [0.2, 0.25) is 11.8 Å². The van der Waals surface area contributed by atoms with Gasteiger partial charge in [-0.3, -0.25) is 9.59 Å². The summed E-state index contributed by atoms with van der Waals surface area (Å²) in [5, 5.41) is 2.82. The van der Waals surface area contributed by atoms with Crippen molar-refractivity contribution < 1.29 is 14.3 Å². The highest BCUT2D eigenvalue weighted by Gasteiger charge is 2.08. The van der Waals surface area contributed by atoms with Gasteiger partial charge in [0.25, 0.3) is 0 Å². The summed E-state index contributed by atoms with van der Waals surface area (Å²) in [6.07, 6.45) is 0.236. The molecular formula is C17H18N2O3. The average Bonchev–Trinajstić information content (AvgIpc) is 2.53. The average molecular weight is 298 g/mol. The van der Waals surface area contributed by atoms with Crippen LogP contribution in [-0.4, -0.2) is 18.9 Å². The molecule has 2 aromatic carbocycles. The quantitative estimate of drug-likeness (QED) is 0.851. The number of ether oxygens (including phenoxy) is 1. The third-order valence-corrected chi connectivity index (χ3v) is 3.24. The van der Waals surface area contributed by atoms with E-state index in [1.54, 1.807) is 25.3 Å². The molecule has 0 bridgehead atoms. The van der Waals surface area contributed by atoms with Crippen LogP contribution in [0.1, 0.15) is 21.5 Å². The fourth-order valence-corrected chi connectivity index (χ4v) is 2.12. The van der Waals surface area contributed by atoms with Crippen LogP contribution < -0.4 is 15.8 Å². The minimum atomic E-state index is -0.484. The fourth-order valence-electron chi connectivity index (χ4n) is 2.12. The van der Waals surface area contributed by atoms with Gasteiger partial charge in [0.05, 0.1) is 13.5 Å². The number of primary amides is 1. The molecule has 0 radical (unpaired) electrons. The van der Waals surface area contributed by atoms with Crippen molar-refractivity contribution >= 4 is 11.8 Å². The molecule has 114 valence electrons. The summed E-state index contributed by atoms with van der Waals surface area (Å²) in [7, 11) is 1.58. The van der Waals surface area contributed by atoms with Crippen molar-refractivity contribution in [2.24, 2.45) is 5.73 Å². The maximum atomic E-state index is 12.0. The molecule has 2 aromatic rings. The first-order valence-corrected chi connectivity index (χ1v) is 6.87. The minimum Gasteiger partial charge on any atom is -0.496 e. The van der Waals surface area contributed by atoms with E-state index in [1.807, 2.05) is 30.3 Å². The lowest BCUT2D eigenvalue weighted by Gasteiger charge is -2.09. The molecule has 0 aliphatic heterocycles. The van der Waals surface area contributed by atoms with Crippen molar-refractivity contribution in [2.75, 3.05) is 7.11 Å². The summed E-state index contributed by atoms with van der Waals surface area (Å²) >= 11 is 0. The number of benzene rings is 2. The molecule has 0 aliphatic carbocycles. The van der Waals surface area contributed by atoms with Crippen molar-refractivity contribution in [3.05, 3.63) is 65.2 Å². The number of nitrogens with two attached hydrogens (primary N) is 1. The van der Waals surface area contributed by atoms with Crippen LogP contribution in [0.3, 0.4) is 0 Å². The van der Waals surface area contributed by atoms with E-state index in [9.17, 15) is 9.59 Å². The Kier molecular flexibility index (Phi) is 5.14. The number of para-hydroxylation sites is 1. The van der Waals surface area contributed by atoms with Crippen LogP contribution in [0.5, 0.6) is 5.75 Å². The van der Waals surface area contributed by atoms with E-state index in [1.165, 1.54) is 0 Å². The van der Waals surface area contributed by atoms with Crippen molar-refractivity contribution in [1.82, 2.24) is 5.32 Å². The summed E-state index contributed by atoms with van der Waals surface area (Å²) in [5.74, 6) is 0.0875. The first kappa shape index (κ1) is 15.6. The van der Waals surface area contributed by atoms with Crippen molar-refractivity contribution in [2.45, 2.75) is 13.0 Å². The van der Waals surface area contributed by atoms with Crippen LogP contribution in [0, 0.1) is 0 Å². The lowest BCUT2D eigenvalue weighted by atomic mass is 10.1. The number of carbonyl (C=O) groups is 2. The molecule has 0 aliphatic rings. The van der Waals surface area contributed by atoms with Crippen LogP contribution in [0.4, 0.5) is 0 Å². The molecular weight excluding hydrogens is 280 g/mol. The Balaban J connectivity index is 1.95. The minimum absolute atomic E-state index is 0.117. The third-order valence-electron chi connectivity index (χ3n) is 3.24. The van der Waals surface area contributed by atoms with Gasteiger partial charge in [-0.25, -0.2) is 0 Å². The predicted octanol–water partition coefficient (Wildman–Crippen LogP) is 1.65. The highest BCUT2D eigenvalue weighted by molar-refractivity contribution is 5.92. The monoisotopic (exact) mass is 298 g/mol. The van der Waals surface area contributed by atoms with Crippen molar-refractivity contribution in [3.63, 3.8) is 0 Å². The number of methoxy groups -OCH3 is 1. The number of hydrogen-bond donors (Lipinski definition) is 2. The normalized spacial score (nSPS) is 10.0. The zero-order valence-corrected chi connectivity index (χ0v) is 12.3. The van der Waals surface area contributed by atoms with E-state index in [0.717, 1.165) is 11.1 Å². The van der Waals surface area contributed by atoms with E-state index < -0.39 is 5.91 Å². The molecule has 0 atom stereocenters. The zero-order chi connectivity index (χ0) is 15.9. The van der Waals surface area contributed by atoms with E-state index in [2.05, 4.69) is 5.32 Å². The standard InChI is InChI=1S/C17H18N2O3/c1-22-15-8-3-2-6-13(15)10-16(20)19-11-12-5-4-7-14(9-12)17(18)21/h2-9H,10-11H2,1H3,(H2,18,21)(H,19,20). The Morgan fingerprint density at radius 2 is 1.91 bits per heavy atom. The molecule has 0 saturated heterocycles. The number of rotatable bonds is 6. The maximum absolute atomic E-state index is 12.0. The van der Waals surface area contributed by atoms with Crippen molar-refractivity contribution in [3.8, 4) is 5.75 Å². The summed E-state index contributed by atoms with van der Waals surface area (Å²) in [6, 6.07) is 14.3. The first-order valence-electron chi connectivity index (χ1n) is 6.87. The molecule has 0 fully saturated rings. The highest BCUT2D eigenvalue weighted by atomic mass is 16.5. The van der Waals surface area contributed by atoms with Gasteiger partial charge in [-0.2, -0.15) is 0 Å². The first-order chi connectivity index (χ1) is 10.6. The van der Waals surface area contributed by atoms with Gasteiger partial charge in [0.15, 0.2) is 0 Å². The zero-order valence-electron chi connectivity index (χ0n) is 12.3. The maximum Gasteiger partial charge on any atom is 0.248 e. The molecule has 3 N–H and O–H groups in total. The van der Waals surface area contributed by atoms with Gasteiger partial charge < -0.3 is 15.8 Å². The molecule has 0 heterocycles. The van der Waals surface area contributed by atoms with Crippen LogP contribution in [0.15, 0.2) is 48.5 Å². The Hall–Kier alpha value is -2.82. The fraction of sp³-hybridized carbons (Fsp3) is 0.176. The molecule has 5 heteroatoms. The second-order valence-corrected chi connectivity index (χ2v) is 4.83. The molecule has 2 rings (SSSR count). The largest absolute Gasteiger partial charge is 0.496 e. The van der Waals surface area contributed by atoms with E-state index in [0.29, 0.717) is 17.9 Å². The molecule has 5 nitrogen and oxygen atoms in total. The van der Waals surface area contributed by atoms with Gasteiger partial charge in [-0.05, 0) is 23.8 Å². The van der Waals surface area contributed by atoms with Gasteiger partial charge >= 0.3 is 0 Å². The SMILES string of the molecule is COc1ccccc1CC(=O)NCc1cccc(C(N)=O)c1. The predicted molar refractivity (Wildman–Crippen MR) is 83.5 cm³/mol. The summed E-state index contributed by atoms with van der Waals surface area (Å²) in [5.41, 5.74) is 7.31. The lowest BCUT2D eigenvalue weighted by molar-refractivity contribution is -0.120. The highest BCUT2D eigenvalue weighted by Crippen LogP contribution is 2.17. The number of amides is 2. The second-order valence-electron chi connectivity index (χ2n) is 4.83. The van der Waals surface area contributed by atoms with Crippen molar-refractivity contribution in [1.29, 1.82) is 0 Å². The smallest absolute Gasteiger partial charge is 0.248 e. The number of nitrogens with one attached hydrogen (secondary N) is 1. The number of carbonyl (C=O) groups excluding carboxylic acids is 2. The van der Waals surface area contributed by atoms with Gasteiger partial charge in [-0.15, -0.1) is 0 Å². The van der Waals surface area contributed by atoms with Crippen LogP contribution in [-0.2, 0) is 17.8 Å². The lowest BCUT2D eigenvalue weighted by Crippen LogP contribution is -2.25. The molecule has 22 heavy (non-hydrogen) atoms. The second kappa shape index (κ2) is 7.26. The Labute approximate surface area is 129 Å². The van der Waals surface area contributed by atoms with Crippen LogP contribution in [0.2, 0.25) is 0 Å². The van der Waals surface area contributed by atoms with Crippen LogP contribution >= 0.6 is 0 Å². The summed E-state index contributed by atoms with van der Waals surface area (Å²) in [6.45, 7) is 0.342. The summed E-state index contributed by atoms with van der Waals surface area (Å²) in [4.78, 5) is 23.1. The van der Waals surface area contributed by atoms with E-state index in [4.69, 9.17) is 10.5 Å². The van der Waals surface area contributed by atoms with E-state index >= 15 is 0 Å². The van der Waals surface area contributed by atoms with Gasteiger partial charge in [0, 0.05) is 17.7 Å². The van der Waals surface area contributed by atoms with E-state index in [-0.39, 0.29) is 12.3 Å². The molecule has 0 saturated carbocycles. The van der Waals surface area contributed by atoms with Crippen LogP contribution in [0.25, 0.3) is 0 Å². The summed E-state index contributed by atoms with van der Waals surface area (Å²) < 4.78 is 5.22. The third kappa shape index (κ3) is 4.09. The topological polar surface area (TPSA) is 81.4 Å². The van der Waals surface area contributed by atoms with Gasteiger partial charge in [-0.1, -0.05) is 30.3 Å². The van der Waals surface area contributed by atoms with Gasteiger partial charge in [0.1, 0.15) is 5.75 Å². The molecule has 2 amide bonds. The molecule has 0 aromatic heterocycles.